The number of fused-ring (bicyclic) bond motifs is 5. The zero-order valence-corrected chi connectivity index (χ0v) is 18.1. The van der Waals surface area contributed by atoms with Gasteiger partial charge in [-0.25, -0.2) is 4.39 Å². The van der Waals surface area contributed by atoms with E-state index in [1.807, 2.05) is 24.3 Å². The van der Waals surface area contributed by atoms with Crippen LogP contribution in [0, 0.1) is 5.82 Å². The molecule has 3 heteroatoms. The summed E-state index contributed by atoms with van der Waals surface area (Å²) in [6.45, 7) is 0. The highest BCUT2D eigenvalue weighted by atomic mass is 19.1. The van der Waals surface area contributed by atoms with Crippen molar-refractivity contribution in [3.63, 3.8) is 0 Å². The number of ether oxygens (including phenoxy) is 2. The summed E-state index contributed by atoms with van der Waals surface area (Å²) < 4.78 is 25.5. The molecule has 2 nitrogen and oxygen atoms in total. The van der Waals surface area contributed by atoms with Gasteiger partial charge in [0.1, 0.15) is 17.3 Å². The van der Waals surface area contributed by atoms with Gasteiger partial charge < -0.3 is 9.47 Å². The number of benzene rings is 4. The lowest BCUT2D eigenvalue weighted by Gasteiger charge is -2.27. The van der Waals surface area contributed by atoms with E-state index >= 15 is 0 Å². The third-order valence-electron chi connectivity index (χ3n) is 6.81. The maximum Gasteiger partial charge on any atom is 0.131 e. The molecule has 0 saturated carbocycles. The van der Waals surface area contributed by atoms with Gasteiger partial charge in [0.05, 0.1) is 19.6 Å². The van der Waals surface area contributed by atoms with Crippen LogP contribution >= 0.6 is 0 Å². The highest BCUT2D eigenvalue weighted by Crippen LogP contribution is 2.44. The second-order valence-corrected chi connectivity index (χ2v) is 8.41. The number of aryl methyl sites for hydroxylation is 2. The molecule has 0 spiro atoms. The van der Waals surface area contributed by atoms with Gasteiger partial charge >= 0.3 is 0 Å². The van der Waals surface area contributed by atoms with Crippen molar-refractivity contribution in [1.29, 1.82) is 0 Å². The molecule has 0 aromatic heterocycles. The quantitative estimate of drug-likeness (QED) is 0.321. The molecule has 4 aromatic carbocycles. The fraction of sp³-hybridized carbons (Fsp3) is 0.286. The largest absolute Gasteiger partial charge is 0.496 e. The Kier molecular flexibility index (Phi) is 5.27. The van der Waals surface area contributed by atoms with Gasteiger partial charge in [-0.05, 0) is 89.1 Å². The Morgan fingerprint density at radius 2 is 1.71 bits per heavy atom. The smallest absolute Gasteiger partial charge is 0.131 e. The maximum absolute atomic E-state index is 14.1. The Morgan fingerprint density at radius 3 is 2.52 bits per heavy atom. The van der Waals surface area contributed by atoms with E-state index in [1.54, 1.807) is 26.4 Å². The van der Waals surface area contributed by atoms with Crippen molar-refractivity contribution in [3.05, 3.63) is 83.2 Å². The van der Waals surface area contributed by atoms with E-state index in [0.29, 0.717) is 5.92 Å². The minimum absolute atomic E-state index is 0.0952. The van der Waals surface area contributed by atoms with Crippen LogP contribution in [0.25, 0.3) is 21.5 Å². The van der Waals surface area contributed by atoms with Crippen LogP contribution in [0.4, 0.5) is 4.39 Å². The molecule has 0 bridgehead atoms. The van der Waals surface area contributed by atoms with E-state index in [4.69, 9.17) is 9.47 Å². The topological polar surface area (TPSA) is 18.5 Å². The molecule has 0 heterocycles. The Morgan fingerprint density at radius 1 is 0.871 bits per heavy atom. The van der Waals surface area contributed by atoms with Gasteiger partial charge in [0.15, 0.2) is 0 Å². The predicted molar refractivity (Wildman–Crippen MR) is 125 cm³/mol. The summed E-state index contributed by atoms with van der Waals surface area (Å²) >= 11 is 0. The van der Waals surface area contributed by atoms with Gasteiger partial charge in [-0.3, -0.25) is 0 Å². The molecule has 1 aliphatic rings. The first-order chi connectivity index (χ1) is 15.2. The number of hydrogen-bond acceptors (Lipinski definition) is 2. The van der Waals surface area contributed by atoms with Gasteiger partial charge in [-0.1, -0.05) is 42.5 Å². The molecule has 4 aromatic rings. The van der Waals surface area contributed by atoms with Gasteiger partial charge in [0, 0.05) is 0 Å². The summed E-state index contributed by atoms with van der Waals surface area (Å²) in [6.07, 6.45) is 5.13. The van der Waals surface area contributed by atoms with E-state index in [2.05, 4.69) is 24.3 Å². The molecule has 31 heavy (non-hydrogen) atoms. The molecular formula is C28H27FO2. The zero-order valence-electron chi connectivity index (χ0n) is 18.1. The van der Waals surface area contributed by atoms with Gasteiger partial charge in [0.25, 0.3) is 0 Å². The molecule has 0 amide bonds. The summed E-state index contributed by atoms with van der Waals surface area (Å²) in [6, 6.07) is 20.0. The number of hydrogen-bond donors (Lipinski definition) is 0. The lowest BCUT2D eigenvalue weighted by Crippen LogP contribution is -2.11. The minimum atomic E-state index is -0.0952. The average Bonchev–Trinajstić information content (AvgIpc) is 2.82. The summed E-state index contributed by atoms with van der Waals surface area (Å²) in [7, 11) is 3.42. The Labute approximate surface area is 182 Å². The van der Waals surface area contributed by atoms with Crippen molar-refractivity contribution < 1.29 is 13.9 Å². The van der Waals surface area contributed by atoms with Crippen LogP contribution in [-0.2, 0) is 12.8 Å². The van der Waals surface area contributed by atoms with Crippen LogP contribution in [0.5, 0.6) is 11.5 Å². The van der Waals surface area contributed by atoms with Crippen molar-refractivity contribution in [1.82, 2.24) is 0 Å². The van der Waals surface area contributed by atoms with Crippen LogP contribution in [0.2, 0.25) is 0 Å². The second kappa shape index (κ2) is 8.22. The third-order valence-corrected chi connectivity index (χ3v) is 6.81. The molecule has 0 fully saturated rings. The average molecular weight is 415 g/mol. The molecule has 5 rings (SSSR count). The summed E-state index contributed by atoms with van der Waals surface area (Å²) in [5, 5.41) is 4.69. The van der Waals surface area contributed by atoms with Crippen molar-refractivity contribution in [2.24, 2.45) is 0 Å². The van der Waals surface area contributed by atoms with Crippen molar-refractivity contribution in [2.45, 2.75) is 38.0 Å². The Bertz CT molecular complexity index is 1260. The monoisotopic (exact) mass is 414 g/mol. The van der Waals surface area contributed by atoms with Gasteiger partial charge in [0.2, 0.25) is 0 Å². The number of rotatable bonds is 5. The van der Waals surface area contributed by atoms with Crippen LogP contribution in [-0.4, -0.2) is 14.2 Å². The molecule has 0 aliphatic heterocycles. The van der Waals surface area contributed by atoms with Crippen molar-refractivity contribution >= 4 is 21.5 Å². The molecule has 1 atom stereocenters. The summed E-state index contributed by atoms with van der Waals surface area (Å²) in [5.41, 5.74) is 3.65. The summed E-state index contributed by atoms with van der Waals surface area (Å²) in [5.74, 6) is 2.04. The fourth-order valence-electron chi connectivity index (χ4n) is 5.30. The van der Waals surface area contributed by atoms with Crippen LogP contribution in [0.15, 0.2) is 60.7 Å². The number of methoxy groups -OCH3 is 2. The normalized spacial score (nSPS) is 15.8. The first-order valence-electron chi connectivity index (χ1n) is 11.0. The highest BCUT2D eigenvalue weighted by molar-refractivity contribution is 6.13. The highest BCUT2D eigenvalue weighted by Gasteiger charge is 2.24. The molecule has 0 unspecified atom stereocenters. The van der Waals surface area contributed by atoms with E-state index < -0.39 is 0 Å². The van der Waals surface area contributed by atoms with E-state index in [9.17, 15) is 4.39 Å². The lowest BCUT2D eigenvalue weighted by atomic mass is 9.77. The third kappa shape index (κ3) is 3.42. The molecule has 0 N–H and O–H groups in total. The zero-order chi connectivity index (χ0) is 21.4. The van der Waals surface area contributed by atoms with Gasteiger partial charge in [-0.15, -0.1) is 0 Å². The lowest BCUT2D eigenvalue weighted by molar-refractivity contribution is 0.405. The molecule has 158 valence electrons. The molecule has 1 aliphatic carbocycles. The number of halogens is 1. The maximum atomic E-state index is 14.1. The second-order valence-electron chi connectivity index (χ2n) is 8.41. The van der Waals surface area contributed by atoms with Crippen LogP contribution in [0.1, 0.15) is 41.9 Å². The van der Waals surface area contributed by atoms with Crippen molar-refractivity contribution in [2.75, 3.05) is 14.2 Å². The van der Waals surface area contributed by atoms with Gasteiger partial charge in [-0.2, -0.15) is 0 Å². The molecular weight excluding hydrogens is 387 g/mol. The summed E-state index contributed by atoms with van der Waals surface area (Å²) in [4.78, 5) is 0. The molecule has 0 saturated heterocycles. The van der Waals surface area contributed by atoms with E-state index in [0.717, 1.165) is 59.9 Å². The Hall–Kier alpha value is -3.07. The van der Waals surface area contributed by atoms with Crippen LogP contribution in [0.3, 0.4) is 0 Å². The standard InChI is InChI=1S/C28H27FO2/c1-30-26-12-6-10-23-22-16-15-20-18(13-14-19-7-3-4-11-25(19)29)8-5-9-21(20)24(22)17-27(31-2)28(23)26/h3-4,6-7,10-12,15-18H,5,8-9,13-14H2,1-2H3/t18-/m0/s1. The van der Waals surface area contributed by atoms with E-state index in [-0.39, 0.29) is 5.82 Å². The van der Waals surface area contributed by atoms with E-state index in [1.165, 1.54) is 21.9 Å². The van der Waals surface area contributed by atoms with Crippen molar-refractivity contribution in [3.8, 4) is 11.5 Å². The predicted octanol–water partition coefficient (Wildman–Crippen LogP) is 7.20. The minimum Gasteiger partial charge on any atom is -0.496 e. The Balaban J connectivity index is 1.60. The first-order valence-corrected chi connectivity index (χ1v) is 11.0. The SMILES string of the molecule is COc1cccc2c1c(OC)cc1c3c(ccc12)[C@H](CCc1ccccc1F)CCC3. The first kappa shape index (κ1) is 19.9. The molecule has 0 radical (unpaired) electrons. The van der Waals surface area contributed by atoms with Crippen LogP contribution < -0.4 is 9.47 Å². The fourth-order valence-corrected chi connectivity index (χ4v) is 5.30.